The molecule has 0 amide bonds. The quantitative estimate of drug-likeness (QED) is 0.647. The number of rotatable bonds is 6. The van der Waals surface area contributed by atoms with Crippen LogP contribution in [0.1, 0.15) is 31.4 Å². The summed E-state index contributed by atoms with van der Waals surface area (Å²) in [5, 5.41) is 1.22. The Balaban J connectivity index is 1.21. The normalized spacial score (nSPS) is 18.4. The number of fused-ring (bicyclic) bond motifs is 1. The van der Waals surface area contributed by atoms with E-state index >= 15 is 0 Å². The second-order valence-electron chi connectivity index (χ2n) is 8.51. The number of nitrogens with zero attached hydrogens (tertiary/aromatic N) is 4. The zero-order chi connectivity index (χ0) is 19.8. The van der Waals surface area contributed by atoms with Crippen molar-refractivity contribution < 1.29 is 4.74 Å². The highest BCUT2D eigenvalue weighted by molar-refractivity contribution is 5.86. The molecule has 3 aromatic rings. The van der Waals surface area contributed by atoms with Crippen LogP contribution in [-0.2, 0) is 20.1 Å². The van der Waals surface area contributed by atoms with Crippen LogP contribution in [0.4, 0.5) is 0 Å². The molecule has 0 unspecified atom stereocenters. The molecule has 152 valence electrons. The SMILES string of the molecule is Cn1ccc(CN2CCC(Oc3cccc4c3ccn4CC3CC3)CC2)nc1=O. The maximum Gasteiger partial charge on any atom is 0.347 e. The lowest BCUT2D eigenvalue weighted by Gasteiger charge is -2.32. The van der Waals surface area contributed by atoms with Gasteiger partial charge in [-0.15, -0.1) is 0 Å². The van der Waals surface area contributed by atoms with E-state index in [1.54, 1.807) is 13.2 Å². The number of aromatic nitrogens is 3. The number of piperidine rings is 1. The molecule has 2 aliphatic rings. The van der Waals surface area contributed by atoms with Gasteiger partial charge in [-0.3, -0.25) is 4.90 Å². The van der Waals surface area contributed by atoms with Crippen molar-refractivity contribution in [3.63, 3.8) is 0 Å². The highest BCUT2D eigenvalue weighted by Gasteiger charge is 2.24. The number of aryl methyl sites for hydroxylation is 1. The van der Waals surface area contributed by atoms with Crippen LogP contribution < -0.4 is 10.4 Å². The second-order valence-corrected chi connectivity index (χ2v) is 8.51. The standard InChI is InChI=1S/C23H28N4O2/c1-25-11-7-18(24-23(25)28)16-26-12-8-19(9-13-26)29-22-4-2-3-21-20(22)10-14-27(21)15-17-5-6-17/h2-4,7,10-11,14,17,19H,5-6,8-9,12-13,15-16H2,1H3. The number of ether oxygens (including phenoxy) is 1. The molecule has 1 aliphatic heterocycles. The molecule has 3 heterocycles. The largest absolute Gasteiger partial charge is 0.490 e. The Labute approximate surface area is 170 Å². The van der Waals surface area contributed by atoms with Crippen molar-refractivity contribution >= 4 is 10.9 Å². The fourth-order valence-corrected chi connectivity index (χ4v) is 4.22. The van der Waals surface area contributed by atoms with Gasteiger partial charge in [-0.05, 0) is 55.9 Å². The van der Waals surface area contributed by atoms with Gasteiger partial charge in [0.15, 0.2) is 0 Å². The van der Waals surface area contributed by atoms with Crippen molar-refractivity contribution in [2.45, 2.75) is 44.9 Å². The van der Waals surface area contributed by atoms with Crippen LogP contribution in [0, 0.1) is 5.92 Å². The average molecular weight is 393 g/mol. The first-order valence-corrected chi connectivity index (χ1v) is 10.6. The summed E-state index contributed by atoms with van der Waals surface area (Å²) in [6.45, 7) is 3.77. The van der Waals surface area contributed by atoms with E-state index in [1.807, 2.05) is 6.07 Å². The molecule has 1 saturated heterocycles. The van der Waals surface area contributed by atoms with E-state index in [0.29, 0.717) is 0 Å². The number of likely N-dealkylation sites (tertiary alicyclic amines) is 1. The van der Waals surface area contributed by atoms with Gasteiger partial charge in [0, 0.05) is 51.0 Å². The van der Waals surface area contributed by atoms with Crippen molar-refractivity contribution in [1.29, 1.82) is 0 Å². The van der Waals surface area contributed by atoms with Crippen LogP contribution in [0.3, 0.4) is 0 Å². The average Bonchev–Trinajstić information content (AvgIpc) is 3.45. The zero-order valence-corrected chi connectivity index (χ0v) is 17.0. The molecule has 1 saturated carbocycles. The van der Waals surface area contributed by atoms with Crippen molar-refractivity contribution in [2.24, 2.45) is 13.0 Å². The Kier molecular flexibility index (Phi) is 4.87. The molecular formula is C23H28N4O2. The molecule has 0 spiro atoms. The summed E-state index contributed by atoms with van der Waals surface area (Å²) in [6.07, 6.45) is 8.93. The maximum absolute atomic E-state index is 11.7. The Hall–Kier alpha value is -2.60. The lowest BCUT2D eigenvalue weighted by atomic mass is 10.1. The van der Waals surface area contributed by atoms with E-state index in [0.717, 1.165) is 56.4 Å². The minimum absolute atomic E-state index is 0.192. The predicted octanol–water partition coefficient (Wildman–Crippen LogP) is 3.19. The zero-order valence-electron chi connectivity index (χ0n) is 17.0. The summed E-state index contributed by atoms with van der Waals surface area (Å²) in [5.41, 5.74) is 1.93. The van der Waals surface area contributed by atoms with E-state index in [1.165, 1.54) is 28.3 Å². The molecule has 2 fully saturated rings. The summed E-state index contributed by atoms with van der Waals surface area (Å²) in [7, 11) is 1.72. The highest BCUT2D eigenvalue weighted by atomic mass is 16.5. The monoisotopic (exact) mass is 392 g/mol. The molecule has 2 aromatic heterocycles. The Morgan fingerprint density at radius 3 is 2.66 bits per heavy atom. The first kappa shape index (κ1) is 18.4. The van der Waals surface area contributed by atoms with E-state index in [2.05, 4.69) is 44.9 Å². The van der Waals surface area contributed by atoms with Crippen LogP contribution in [0.2, 0.25) is 0 Å². The number of benzene rings is 1. The first-order chi connectivity index (χ1) is 14.2. The Morgan fingerprint density at radius 1 is 1.07 bits per heavy atom. The molecule has 5 rings (SSSR count). The van der Waals surface area contributed by atoms with E-state index in [-0.39, 0.29) is 11.8 Å². The number of hydrogen-bond donors (Lipinski definition) is 0. The van der Waals surface area contributed by atoms with Gasteiger partial charge in [-0.25, -0.2) is 4.79 Å². The molecule has 0 atom stereocenters. The summed E-state index contributed by atoms with van der Waals surface area (Å²) in [5.74, 6) is 1.86. The fourth-order valence-electron chi connectivity index (χ4n) is 4.22. The molecule has 0 bridgehead atoms. The topological polar surface area (TPSA) is 52.3 Å². The lowest BCUT2D eigenvalue weighted by Crippen LogP contribution is -2.38. The van der Waals surface area contributed by atoms with Gasteiger partial charge in [0.25, 0.3) is 0 Å². The van der Waals surface area contributed by atoms with Crippen LogP contribution >= 0.6 is 0 Å². The van der Waals surface area contributed by atoms with Gasteiger partial charge >= 0.3 is 5.69 Å². The van der Waals surface area contributed by atoms with E-state index in [4.69, 9.17) is 4.74 Å². The minimum atomic E-state index is -0.192. The van der Waals surface area contributed by atoms with Crippen molar-refractivity contribution in [1.82, 2.24) is 19.0 Å². The summed E-state index contributed by atoms with van der Waals surface area (Å²) in [6, 6.07) is 10.5. The summed E-state index contributed by atoms with van der Waals surface area (Å²) >= 11 is 0. The summed E-state index contributed by atoms with van der Waals surface area (Å²) in [4.78, 5) is 18.2. The van der Waals surface area contributed by atoms with Crippen LogP contribution in [0.15, 0.2) is 47.5 Å². The molecule has 0 radical (unpaired) electrons. The van der Waals surface area contributed by atoms with Gasteiger partial charge < -0.3 is 13.9 Å². The molecule has 1 aliphatic carbocycles. The first-order valence-electron chi connectivity index (χ1n) is 10.6. The minimum Gasteiger partial charge on any atom is -0.490 e. The maximum atomic E-state index is 11.7. The molecule has 6 nitrogen and oxygen atoms in total. The van der Waals surface area contributed by atoms with Crippen molar-refractivity contribution in [3.05, 3.63) is 58.9 Å². The Morgan fingerprint density at radius 2 is 1.90 bits per heavy atom. The van der Waals surface area contributed by atoms with Crippen molar-refractivity contribution in [2.75, 3.05) is 13.1 Å². The molecular weight excluding hydrogens is 364 g/mol. The predicted molar refractivity (Wildman–Crippen MR) is 113 cm³/mol. The van der Waals surface area contributed by atoms with E-state index in [9.17, 15) is 4.79 Å². The highest BCUT2D eigenvalue weighted by Crippen LogP contribution is 2.34. The molecule has 0 N–H and O–H groups in total. The van der Waals surface area contributed by atoms with Crippen LogP contribution in [0.5, 0.6) is 5.75 Å². The fraction of sp³-hybridized carbons (Fsp3) is 0.478. The van der Waals surface area contributed by atoms with E-state index < -0.39 is 0 Å². The molecule has 1 aromatic carbocycles. The van der Waals surface area contributed by atoms with Gasteiger partial charge in [0.1, 0.15) is 11.9 Å². The molecule has 29 heavy (non-hydrogen) atoms. The second kappa shape index (κ2) is 7.67. The number of hydrogen-bond acceptors (Lipinski definition) is 4. The van der Waals surface area contributed by atoms with Gasteiger partial charge in [-0.1, -0.05) is 6.07 Å². The van der Waals surface area contributed by atoms with Gasteiger partial charge in [0.05, 0.1) is 11.2 Å². The third kappa shape index (κ3) is 4.08. The third-order valence-corrected chi connectivity index (χ3v) is 6.17. The summed E-state index contributed by atoms with van der Waals surface area (Å²) < 4.78 is 10.3. The van der Waals surface area contributed by atoms with Gasteiger partial charge in [-0.2, -0.15) is 4.98 Å². The van der Waals surface area contributed by atoms with Crippen LogP contribution in [0.25, 0.3) is 10.9 Å². The smallest absolute Gasteiger partial charge is 0.347 e. The van der Waals surface area contributed by atoms with Crippen LogP contribution in [-0.4, -0.2) is 38.2 Å². The Bertz CT molecular complexity index is 1060. The van der Waals surface area contributed by atoms with Gasteiger partial charge in [0.2, 0.25) is 0 Å². The van der Waals surface area contributed by atoms with Crippen molar-refractivity contribution in [3.8, 4) is 5.75 Å². The third-order valence-electron chi connectivity index (χ3n) is 6.17. The lowest BCUT2D eigenvalue weighted by molar-refractivity contribution is 0.0972. The molecule has 6 heteroatoms.